The Morgan fingerprint density at radius 2 is 1.89 bits per heavy atom. The zero-order valence-electron chi connectivity index (χ0n) is 10.6. The second kappa shape index (κ2) is 6.44. The Bertz CT molecular complexity index is 562. The molecular formula is C15H14N2O2. The molecule has 1 aromatic carbocycles. The fourth-order valence-corrected chi connectivity index (χ4v) is 1.50. The average Bonchev–Trinajstić information content (AvgIpc) is 2.47. The first-order valence-corrected chi connectivity index (χ1v) is 6.01. The summed E-state index contributed by atoms with van der Waals surface area (Å²) in [6, 6.07) is 10.7. The summed E-state index contributed by atoms with van der Waals surface area (Å²) in [4.78, 5) is 19.7. The zero-order valence-corrected chi connectivity index (χ0v) is 10.6. The van der Waals surface area contributed by atoms with Crippen molar-refractivity contribution in [1.29, 1.82) is 0 Å². The summed E-state index contributed by atoms with van der Waals surface area (Å²) in [5, 5.41) is 0. The molecule has 0 aliphatic heterocycles. The number of benzene rings is 1. The molecule has 4 heteroatoms. The minimum atomic E-state index is -0.313. The summed E-state index contributed by atoms with van der Waals surface area (Å²) in [5.74, 6) is -0.313. The Balaban J connectivity index is 2.07. The van der Waals surface area contributed by atoms with E-state index < -0.39 is 0 Å². The van der Waals surface area contributed by atoms with Gasteiger partial charge in [0.2, 0.25) is 0 Å². The Labute approximate surface area is 111 Å². The Morgan fingerprint density at radius 3 is 2.53 bits per heavy atom. The van der Waals surface area contributed by atoms with Crippen LogP contribution in [0.15, 0.2) is 53.8 Å². The molecular weight excluding hydrogens is 240 g/mol. The van der Waals surface area contributed by atoms with E-state index in [4.69, 9.17) is 4.74 Å². The van der Waals surface area contributed by atoms with Crippen LogP contribution in [0.25, 0.3) is 0 Å². The van der Waals surface area contributed by atoms with Crippen LogP contribution in [0.2, 0.25) is 0 Å². The molecule has 96 valence electrons. The van der Waals surface area contributed by atoms with E-state index in [1.165, 1.54) is 0 Å². The minimum Gasteiger partial charge on any atom is -0.462 e. The first kappa shape index (κ1) is 13.0. The van der Waals surface area contributed by atoms with E-state index in [9.17, 15) is 4.79 Å². The minimum absolute atomic E-state index is 0.313. The van der Waals surface area contributed by atoms with Gasteiger partial charge in [0, 0.05) is 18.6 Å². The van der Waals surface area contributed by atoms with Crippen molar-refractivity contribution < 1.29 is 9.53 Å². The Kier molecular flexibility index (Phi) is 4.39. The molecule has 1 heterocycles. The first-order valence-electron chi connectivity index (χ1n) is 6.01. The maximum Gasteiger partial charge on any atom is 0.338 e. The molecule has 0 saturated heterocycles. The van der Waals surface area contributed by atoms with Gasteiger partial charge < -0.3 is 4.74 Å². The Morgan fingerprint density at radius 1 is 1.21 bits per heavy atom. The molecule has 0 atom stereocenters. The van der Waals surface area contributed by atoms with Crippen LogP contribution in [0.5, 0.6) is 0 Å². The second-order valence-corrected chi connectivity index (χ2v) is 3.81. The lowest BCUT2D eigenvalue weighted by molar-refractivity contribution is 0.0526. The summed E-state index contributed by atoms with van der Waals surface area (Å²) < 4.78 is 4.91. The SMILES string of the molecule is CCOC(=O)c1ccc(N=Cc2ccncc2)cc1. The number of pyridine rings is 1. The molecule has 0 amide bonds. The molecule has 4 nitrogen and oxygen atoms in total. The molecule has 2 aromatic rings. The topological polar surface area (TPSA) is 51.5 Å². The van der Waals surface area contributed by atoms with Gasteiger partial charge >= 0.3 is 5.97 Å². The van der Waals surface area contributed by atoms with Crippen molar-refractivity contribution in [3.05, 3.63) is 59.9 Å². The van der Waals surface area contributed by atoms with Gasteiger partial charge in [-0.3, -0.25) is 9.98 Å². The number of carbonyl (C=O) groups excluding carboxylic acids is 1. The van der Waals surface area contributed by atoms with Gasteiger partial charge in [-0.1, -0.05) is 0 Å². The van der Waals surface area contributed by atoms with Gasteiger partial charge in [-0.05, 0) is 48.9 Å². The normalized spacial score (nSPS) is 10.6. The molecule has 0 fully saturated rings. The lowest BCUT2D eigenvalue weighted by Gasteiger charge is -2.01. The summed E-state index contributed by atoms with van der Waals surface area (Å²) in [6.07, 6.45) is 5.18. The van der Waals surface area contributed by atoms with Gasteiger partial charge in [0.15, 0.2) is 0 Å². The van der Waals surface area contributed by atoms with Gasteiger partial charge in [-0.25, -0.2) is 4.79 Å². The largest absolute Gasteiger partial charge is 0.462 e. The van der Waals surface area contributed by atoms with Crippen molar-refractivity contribution in [3.63, 3.8) is 0 Å². The third-order valence-corrected chi connectivity index (χ3v) is 2.45. The maximum absolute atomic E-state index is 11.5. The smallest absolute Gasteiger partial charge is 0.338 e. The molecule has 0 N–H and O–H groups in total. The molecule has 0 bridgehead atoms. The van der Waals surface area contributed by atoms with E-state index in [0.29, 0.717) is 12.2 Å². The van der Waals surface area contributed by atoms with Gasteiger partial charge in [0.1, 0.15) is 0 Å². The lowest BCUT2D eigenvalue weighted by Crippen LogP contribution is -2.03. The number of aliphatic imine (C=N–C) groups is 1. The number of carbonyl (C=O) groups is 1. The number of aromatic nitrogens is 1. The highest BCUT2D eigenvalue weighted by Gasteiger charge is 2.04. The number of hydrogen-bond donors (Lipinski definition) is 0. The summed E-state index contributed by atoms with van der Waals surface area (Å²) >= 11 is 0. The molecule has 2 rings (SSSR count). The third-order valence-electron chi connectivity index (χ3n) is 2.45. The summed E-state index contributed by atoms with van der Waals surface area (Å²) in [6.45, 7) is 2.16. The van der Waals surface area contributed by atoms with Gasteiger partial charge in [0.05, 0.1) is 17.9 Å². The quantitative estimate of drug-likeness (QED) is 0.622. The van der Waals surface area contributed by atoms with Crippen molar-refractivity contribution in [2.45, 2.75) is 6.92 Å². The highest BCUT2D eigenvalue weighted by molar-refractivity contribution is 5.90. The molecule has 0 aliphatic carbocycles. The molecule has 0 spiro atoms. The van der Waals surface area contributed by atoms with Gasteiger partial charge in [0.25, 0.3) is 0 Å². The van der Waals surface area contributed by atoms with Crippen molar-refractivity contribution in [2.24, 2.45) is 4.99 Å². The standard InChI is InChI=1S/C15H14N2O2/c1-2-19-15(18)13-3-5-14(6-4-13)17-11-12-7-9-16-10-8-12/h3-11H,2H2,1H3. The fourth-order valence-electron chi connectivity index (χ4n) is 1.50. The van der Waals surface area contributed by atoms with Gasteiger partial charge in [-0.2, -0.15) is 0 Å². The van der Waals surface area contributed by atoms with Crippen LogP contribution in [0, 0.1) is 0 Å². The van der Waals surface area contributed by atoms with Crippen LogP contribution in [0.4, 0.5) is 5.69 Å². The van der Waals surface area contributed by atoms with E-state index >= 15 is 0 Å². The van der Waals surface area contributed by atoms with Crippen LogP contribution in [0.1, 0.15) is 22.8 Å². The maximum atomic E-state index is 11.5. The number of ether oxygens (including phenoxy) is 1. The van der Waals surface area contributed by atoms with Crippen molar-refractivity contribution >= 4 is 17.9 Å². The van der Waals surface area contributed by atoms with Crippen LogP contribution in [-0.2, 0) is 4.74 Å². The predicted octanol–water partition coefficient (Wildman–Crippen LogP) is 3.01. The van der Waals surface area contributed by atoms with Crippen LogP contribution in [0.3, 0.4) is 0 Å². The van der Waals surface area contributed by atoms with E-state index in [1.54, 1.807) is 49.8 Å². The number of nitrogens with zero attached hydrogens (tertiary/aromatic N) is 2. The molecule has 0 radical (unpaired) electrons. The molecule has 1 aromatic heterocycles. The van der Waals surface area contributed by atoms with Crippen LogP contribution >= 0.6 is 0 Å². The molecule has 0 saturated carbocycles. The predicted molar refractivity (Wildman–Crippen MR) is 73.9 cm³/mol. The number of rotatable bonds is 4. The summed E-state index contributed by atoms with van der Waals surface area (Å²) in [7, 11) is 0. The van der Waals surface area contributed by atoms with Gasteiger partial charge in [-0.15, -0.1) is 0 Å². The van der Waals surface area contributed by atoms with E-state index in [2.05, 4.69) is 9.98 Å². The zero-order chi connectivity index (χ0) is 13.5. The second-order valence-electron chi connectivity index (χ2n) is 3.81. The number of hydrogen-bond acceptors (Lipinski definition) is 4. The Hall–Kier alpha value is -2.49. The van der Waals surface area contributed by atoms with Crippen LogP contribution < -0.4 is 0 Å². The van der Waals surface area contributed by atoms with E-state index in [-0.39, 0.29) is 5.97 Å². The fraction of sp³-hybridized carbons (Fsp3) is 0.133. The molecule has 19 heavy (non-hydrogen) atoms. The summed E-state index contributed by atoms with van der Waals surface area (Å²) in [5.41, 5.74) is 2.29. The molecule has 0 unspecified atom stereocenters. The van der Waals surface area contributed by atoms with Crippen molar-refractivity contribution in [3.8, 4) is 0 Å². The van der Waals surface area contributed by atoms with E-state index in [0.717, 1.165) is 11.3 Å². The number of esters is 1. The highest BCUT2D eigenvalue weighted by atomic mass is 16.5. The third kappa shape index (κ3) is 3.74. The lowest BCUT2D eigenvalue weighted by atomic mass is 10.2. The van der Waals surface area contributed by atoms with Crippen molar-refractivity contribution in [1.82, 2.24) is 4.98 Å². The van der Waals surface area contributed by atoms with Crippen LogP contribution in [-0.4, -0.2) is 23.8 Å². The average molecular weight is 254 g/mol. The van der Waals surface area contributed by atoms with E-state index in [1.807, 2.05) is 12.1 Å². The monoisotopic (exact) mass is 254 g/mol. The highest BCUT2D eigenvalue weighted by Crippen LogP contribution is 2.13. The first-order chi connectivity index (χ1) is 9.29. The van der Waals surface area contributed by atoms with Crippen molar-refractivity contribution in [2.75, 3.05) is 6.61 Å². The molecule has 0 aliphatic rings.